The monoisotopic (exact) mass is 526 g/mol. The Morgan fingerprint density at radius 1 is 0.970 bits per heavy atom. The molecule has 0 aliphatic heterocycles. The number of likely N-dealkylation sites (N-methyl/N-ethyl adjacent to an activating group) is 2. The maximum atomic E-state index is 13.5. The number of hydrogen-bond donors (Lipinski definition) is 0. The molecule has 3 rings (SSSR count). The molecule has 0 saturated heterocycles. The largest absolute Gasteiger partial charge is 0.416 e. The number of carbonyl (C=O) groups is 2. The molecule has 0 bridgehead atoms. The van der Waals surface area contributed by atoms with Gasteiger partial charge in [-0.05, 0) is 56.6 Å². The average molecular weight is 528 g/mol. The molecule has 0 unspecified atom stereocenters. The van der Waals surface area contributed by atoms with Crippen LogP contribution in [0.1, 0.15) is 10.4 Å². The van der Waals surface area contributed by atoms with E-state index < -0.39 is 12.0 Å². The SMILES string of the molecule is CN(C)CCN(C)C(=O)Oc1csc(N(C(=O)c2ccc(Cl)cc2Cl)c2ccc(Cl)cc2)n1. The van der Waals surface area contributed by atoms with Gasteiger partial charge in [-0.15, -0.1) is 11.3 Å². The fourth-order valence-corrected chi connectivity index (χ4v) is 4.06. The summed E-state index contributed by atoms with van der Waals surface area (Å²) < 4.78 is 5.38. The summed E-state index contributed by atoms with van der Waals surface area (Å²) in [7, 11) is 5.48. The first-order valence-corrected chi connectivity index (χ1v) is 11.8. The Balaban J connectivity index is 1.89. The summed E-state index contributed by atoms with van der Waals surface area (Å²) in [6, 6.07) is 11.3. The Morgan fingerprint density at radius 2 is 1.64 bits per heavy atom. The first-order chi connectivity index (χ1) is 15.7. The molecule has 11 heteroatoms. The number of aromatic nitrogens is 1. The lowest BCUT2D eigenvalue weighted by molar-refractivity contribution is 0.0999. The first-order valence-electron chi connectivity index (χ1n) is 9.74. The third-order valence-corrected chi connectivity index (χ3v) is 6.10. The molecule has 0 radical (unpaired) electrons. The number of anilines is 2. The van der Waals surface area contributed by atoms with Crippen LogP contribution in [0.5, 0.6) is 5.88 Å². The van der Waals surface area contributed by atoms with Crippen molar-refractivity contribution >= 4 is 69.0 Å². The van der Waals surface area contributed by atoms with Crippen molar-refractivity contribution in [2.24, 2.45) is 0 Å². The molecule has 0 aliphatic rings. The van der Waals surface area contributed by atoms with E-state index >= 15 is 0 Å². The smallest absolute Gasteiger partial charge is 0.390 e. The van der Waals surface area contributed by atoms with E-state index in [9.17, 15) is 9.59 Å². The summed E-state index contributed by atoms with van der Waals surface area (Å²) in [5.41, 5.74) is 0.763. The van der Waals surface area contributed by atoms with Gasteiger partial charge in [0.25, 0.3) is 5.91 Å². The van der Waals surface area contributed by atoms with Crippen LogP contribution in [0.15, 0.2) is 47.8 Å². The van der Waals surface area contributed by atoms with E-state index in [1.807, 2.05) is 19.0 Å². The van der Waals surface area contributed by atoms with Gasteiger partial charge in [-0.1, -0.05) is 34.8 Å². The third-order valence-electron chi connectivity index (χ3n) is 4.50. The highest BCUT2D eigenvalue weighted by atomic mass is 35.5. The number of thiazole rings is 1. The van der Waals surface area contributed by atoms with Gasteiger partial charge in [-0.25, -0.2) is 4.79 Å². The van der Waals surface area contributed by atoms with Crippen LogP contribution in [-0.4, -0.2) is 61.0 Å². The number of hydrogen-bond acceptors (Lipinski definition) is 6. The lowest BCUT2D eigenvalue weighted by atomic mass is 10.2. The summed E-state index contributed by atoms with van der Waals surface area (Å²) >= 11 is 19.4. The van der Waals surface area contributed by atoms with Crippen molar-refractivity contribution in [3.8, 4) is 5.88 Å². The highest BCUT2D eigenvalue weighted by molar-refractivity contribution is 7.14. The number of ether oxygens (including phenoxy) is 1. The predicted octanol–water partition coefficient (Wildman–Crippen LogP) is 6.07. The van der Waals surface area contributed by atoms with Crippen LogP contribution in [-0.2, 0) is 0 Å². The number of carbonyl (C=O) groups excluding carboxylic acids is 2. The Bertz CT molecular complexity index is 1140. The van der Waals surface area contributed by atoms with Crippen molar-refractivity contribution in [2.45, 2.75) is 0 Å². The van der Waals surface area contributed by atoms with Gasteiger partial charge in [0.2, 0.25) is 11.0 Å². The molecule has 7 nitrogen and oxygen atoms in total. The normalized spacial score (nSPS) is 10.9. The van der Waals surface area contributed by atoms with E-state index in [0.717, 1.165) is 11.3 Å². The standard InChI is InChI=1S/C22H21Cl3N4O3S/c1-27(2)10-11-28(3)22(31)32-19-13-33-21(26-19)29(16-7-4-14(23)5-8-16)20(30)17-9-6-15(24)12-18(17)25/h4-9,12-13H,10-11H2,1-3H3. The maximum Gasteiger partial charge on any atom is 0.416 e. The Labute approximate surface area is 211 Å². The molecule has 0 fully saturated rings. The average Bonchev–Trinajstić information content (AvgIpc) is 3.21. The second-order valence-electron chi connectivity index (χ2n) is 7.30. The summed E-state index contributed by atoms with van der Waals surface area (Å²) in [6.45, 7) is 1.18. The number of benzene rings is 2. The molecule has 0 aliphatic carbocycles. The molecule has 174 valence electrons. The van der Waals surface area contributed by atoms with Crippen molar-refractivity contribution in [1.82, 2.24) is 14.8 Å². The van der Waals surface area contributed by atoms with Crippen LogP contribution in [0.25, 0.3) is 0 Å². The fraction of sp³-hybridized carbons (Fsp3) is 0.227. The summed E-state index contributed by atoms with van der Waals surface area (Å²) in [5, 5.41) is 3.00. The van der Waals surface area contributed by atoms with Gasteiger partial charge < -0.3 is 14.5 Å². The van der Waals surface area contributed by atoms with E-state index in [1.165, 1.54) is 15.9 Å². The molecule has 0 atom stereocenters. The molecule has 3 aromatic rings. The highest BCUT2D eigenvalue weighted by Crippen LogP contribution is 2.35. The Morgan fingerprint density at radius 3 is 2.27 bits per heavy atom. The lowest BCUT2D eigenvalue weighted by Crippen LogP contribution is -2.35. The molecule has 33 heavy (non-hydrogen) atoms. The van der Waals surface area contributed by atoms with Gasteiger partial charge in [-0.2, -0.15) is 4.98 Å². The molecule has 1 heterocycles. The highest BCUT2D eigenvalue weighted by Gasteiger charge is 2.26. The lowest BCUT2D eigenvalue weighted by Gasteiger charge is -2.21. The third kappa shape index (κ3) is 6.59. The van der Waals surface area contributed by atoms with E-state index in [2.05, 4.69) is 4.98 Å². The van der Waals surface area contributed by atoms with Crippen LogP contribution < -0.4 is 9.64 Å². The van der Waals surface area contributed by atoms with Crippen molar-refractivity contribution in [3.63, 3.8) is 0 Å². The second-order valence-corrected chi connectivity index (χ2v) is 9.42. The molecular formula is C22H21Cl3N4O3S. The summed E-state index contributed by atoms with van der Waals surface area (Å²) in [4.78, 5) is 35.0. The van der Waals surface area contributed by atoms with Crippen LogP contribution >= 0.6 is 46.1 Å². The molecular weight excluding hydrogens is 507 g/mol. The van der Waals surface area contributed by atoms with Gasteiger partial charge in [0.1, 0.15) is 0 Å². The number of halogens is 3. The van der Waals surface area contributed by atoms with Crippen LogP contribution in [0.3, 0.4) is 0 Å². The van der Waals surface area contributed by atoms with Crippen LogP contribution in [0.4, 0.5) is 15.6 Å². The fourth-order valence-electron chi connectivity index (χ4n) is 2.70. The molecule has 0 saturated carbocycles. The van der Waals surface area contributed by atoms with Crippen LogP contribution in [0, 0.1) is 0 Å². The number of amides is 2. The van der Waals surface area contributed by atoms with Crippen molar-refractivity contribution in [1.29, 1.82) is 0 Å². The minimum atomic E-state index is -0.543. The minimum Gasteiger partial charge on any atom is -0.390 e. The van der Waals surface area contributed by atoms with Crippen molar-refractivity contribution < 1.29 is 14.3 Å². The zero-order chi connectivity index (χ0) is 24.1. The molecule has 2 amide bonds. The Hall–Kier alpha value is -2.36. The van der Waals surface area contributed by atoms with E-state index in [4.69, 9.17) is 39.5 Å². The van der Waals surface area contributed by atoms with E-state index in [-0.39, 0.29) is 16.5 Å². The molecule has 2 aromatic carbocycles. The Kier molecular flexibility index (Phi) is 8.56. The van der Waals surface area contributed by atoms with Gasteiger partial charge in [0.05, 0.1) is 21.7 Å². The topological polar surface area (TPSA) is 66.0 Å². The molecule has 1 aromatic heterocycles. The molecule has 0 N–H and O–H groups in total. The number of nitrogens with zero attached hydrogens (tertiary/aromatic N) is 4. The van der Waals surface area contributed by atoms with Crippen molar-refractivity contribution in [3.05, 3.63) is 68.5 Å². The van der Waals surface area contributed by atoms with Crippen molar-refractivity contribution in [2.75, 3.05) is 39.1 Å². The number of rotatable bonds is 7. The summed E-state index contributed by atoms with van der Waals surface area (Å²) in [6.07, 6.45) is -0.543. The van der Waals surface area contributed by atoms with E-state index in [0.29, 0.717) is 34.0 Å². The van der Waals surface area contributed by atoms with Gasteiger partial charge >= 0.3 is 6.09 Å². The van der Waals surface area contributed by atoms with Gasteiger partial charge in [0, 0.05) is 30.2 Å². The molecule has 0 spiro atoms. The quantitative estimate of drug-likeness (QED) is 0.373. The second kappa shape index (κ2) is 11.2. The van der Waals surface area contributed by atoms with E-state index in [1.54, 1.807) is 48.8 Å². The van der Waals surface area contributed by atoms with Crippen LogP contribution in [0.2, 0.25) is 15.1 Å². The predicted molar refractivity (Wildman–Crippen MR) is 134 cm³/mol. The summed E-state index contributed by atoms with van der Waals surface area (Å²) in [5.74, 6) is -0.333. The first kappa shape index (κ1) is 25.3. The zero-order valence-corrected chi connectivity index (χ0v) is 21.2. The van der Waals surface area contributed by atoms with Gasteiger partial charge in [0.15, 0.2) is 0 Å². The minimum absolute atomic E-state index is 0.0886. The van der Waals surface area contributed by atoms with Gasteiger partial charge in [-0.3, -0.25) is 9.69 Å². The zero-order valence-electron chi connectivity index (χ0n) is 18.1. The maximum absolute atomic E-state index is 13.5.